The van der Waals surface area contributed by atoms with Gasteiger partial charge in [0.1, 0.15) is 11.4 Å². The molecule has 0 heterocycles. The van der Waals surface area contributed by atoms with Gasteiger partial charge in [-0.05, 0) is 23.7 Å². The Morgan fingerprint density at radius 2 is 0.720 bits per heavy atom. The molecule has 0 atom stereocenters. The number of quaternary nitrogens is 1. The van der Waals surface area contributed by atoms with Gasteiger partial charge in [0, 0.05) is 22.3 Å². The molecule has 0 bridgehead atoms. The largest absolute Gasteiger partial charge is 0.281 e. The summed E-state index contributed by atoms with van der Waals surface area (Å²) in [6.07, 6.45) is 0. The molecule has 136 valence electrons. The normalized spacial score (nSPS) is 12.0. The second kappa shape index (κ2) is 8.19. The first-order valence-electron chi connectivity index (χ1n) is 9.84. The van der Waals surface area contributed by atoms with Crippen molar-refractivity contribution in [2.75, 3.05) is 0 Å². The summed E-state index contributed by atoms with van der Waals surface area (Å²) >= 11 is 0. The molecule has 1 nitrogen and oxygen atoms in total. The van der Waals surface area contributed by atoms with Crippen molar-refractivity contribution >= 4 is 11.4 Å². The van der Waals surface area contributed by atoms with E-state index in [0.29, 0.717) is 23.7 Å². The standard InChI is InChI=1S/C24H35N/c1-15(2)19-11-9-12-20(16(3)4)23(19)25-24-21(17(5)6)13-10-14-22(24)18(7)8/h9-18,25H,1-8H3/p+1. The van der Waals surface area contributed by atoms with Gasteiger partial charge in [0.05, 0.1) is 0 Å². The average Bonchev–Trinajstić information content (AvgIpc) is 2.54. The van der Waals surface area contributed by atoms with Crippen LogP contribution in [0.2, 0.25) is 0 Å². The van der Waals surface area contributed by atoms with E-state index in [1.54, 1.807) is 0 Å². The molecule has 0 aliphatic heterocycles. The Balaban J connectivity index is 2.68. The fraction of sp³-hybridized carbons (Fsp3) is 0.500. The van der Waals surface area contributed by atoms with Gasteiger partial charge >= 0.3 is 0 Å². The van der Waals surface area contributed by atoms with E-state index in [1.165, 1.54) is 33.6 Å². The van der Waals surface area contributed by atoms with Crippen LogP contribution < -0.4 is 5.32 Å². The van der Waals surface area contributed by atoms with Crippen LogP contribution in [0.3, 0.4) is 0 Å². The Hall–Kier alpha value is -1.60. The summed E-state index contributed by atoms with van der Waals surface area (Å²) in [5.74, 6) is 2.11. The van der Waals surface area contributed by atoms with E-state index < -0.39 is 0 Å². The molecular weight excluding hydrogens is 302 g/mol. The molecular formula is C24H36N+. The summed E-state index contributed by atoms with van der Waals surface area (Å²) in [5, 5.41) is 2.48. The van der Waals surface area contributed by atoms with E-state index in [-0.39, 0.29) is 0 Å². The minimum atomic E-state index is 0.527. The van der Waals surface area contributed by atoms with Crippen LogP contribution in [-0.4, -0.2) is 0 Å². The molecule has 2 N–H and O–H groups in total. The molecule has 0 saturated carbocycles. The molecule has 2 aromatic rings. The third kappa shape index (κ3) is 4.33. The molecule has 0 aromatic heterocycles. The van der Waals surface area contributed by atoms with Crippen LogP contribution in [-0.2, 0) is 0 Å². The Morgan fingerprint density at radius 1 is 0.480 bits per heavy atom. The van der Waals surface area contributed by atoms with Crippen LogP contribution in [0.25, 0.3) is 0 Å². The van der Waals surface area contributed by atoms with Gasteiger partial charge in [-0.25, -0.2) is 0 Å². The summed E-state index contributed by atoms with van der Waals surface area (Å²) in [6, 6.07) is 13.6. The van der Waals surface area contributed by atoms with E-state index in [2.05, 4.69) is 97.1 Å². The van der Waals surface area contributed by atoms with Crippen LogP contribution in [0.4, 0.5) is 11.4 Å². The summed E-state index contributed by atoms with van der Waals surface area (Å²) in [6.45, 7) is 18.4. The molecule has 0 radical (unpaired) electrons. The predicted molar refractivity (Wildman–Crippen MR) is 110 cm³/mol. The van der Waals surface area contributed by atoms with Crippen molar-refractivity contribution in [3.8, 4) is 0 Å². The van der Waals surface area contributed by atoms with Gasteiger partial charge in [-0.15, -0.1) is 0 Å². The van der Waals surface area contributed by atoms with Gasteiger partial charge in [-0.3, -0.25) is 5.32 Å². The smallest absolute Gasteiger partial charge is 0.141 e. The highest BCUT2D eigenvalue weighted by molar-refractivity contribution is 5.56. The number of para-hydroxylation sites is 2. The molecule has 0 fully saturated rings. The van der Waals surface area contributed by atoms with Gasteiger partial charge in [0.25, 0.3) is 0 Å². The minimum Gasteiger partial charge on any atom is -0.281 e. The van der Waals surface area contributed by atoms with Gasteiger partial charge < -0.3 is 0 Å². The van der Waals surface area contributed by atoms with Crippen LogP contribution >= 0.6 is 0 Å². The summed E-state index contributed by atoms with van der Waals surface area (Å²) in [5.41, 5.74) is 8.70. The van der Waals surface area contributed by atoms with E-state index in [0.717, 1.165) is 0 Å². The number of rotatable bonds is 6. The molecule has 0 saturated heterocycles. The molecule has 0 aliphatic carbocycles. The first kappa shape index (κ1) is 19.7. The molecule has 0 aliphatic rings. The molecule has 1 heteroatoms. The van der Waals surface area contributed by atoms with Crippen LogP contribution in [0.5, 0.6) is 0 Å². The zero-order valence-corrected chi connectivity index (χ0v) is 17.4. The van der Waals surface area contributed by atoms with Crippen molar-refractivity contribution in [2.24, 2.45) is 0 Å². The number of hydrogen-bond acceptors (Lipinski definition) is 0. The van der Waals surface area contributed by atoms with Crippen LogP contribution in [0.15, 0.2) is 36.4 Å². The van der Waals surface area contributed by atoms with E-state index in [9.17, 15) is 0 Å². The summed E-state index contributed by atoms with van der Waals surface area (Å²) in [7, 11) is 0. The zero-order chi connectivity index (χ0) is 18.7. The maximum absolute atomic E-state index is 2.48. The monoisotopic (exact) mass is 338 g/mol. The van der Waals surface area contributed by atoms with Gasteiger partial charge in [-0.1, -0.05) is 91.8 Å². The Labute approximate surface area is 154 Å². The Morgan fingerprint density at radius 3 is 0.920 bits per heavy atom. The van der Waals surface area contributed by atoms with Gasteiger partial charge in [0.15, 0.2) is 0 Å². The van der Waals surface area contributed by atoms with Crippen LogP contribution in [0, 0.1) is 0 Å². The van der Waals surface area contributed by atoms with E-state index in [1.807, 2.05) is 0 Å². The highest BCUT2D eigenvalue weighted by atomic mass is 14.9. The molecule has 0 spiro atoms. The second-order valence-electron chi connectivity index (χ2n) is 8.46. The van der Waals surface area contributed by atoms with Crippen molar-refractivity contribution < 1.29 is 5.32 Å². The zero-order valence-electron chi connectivity index (χ0n) is 17.4. The van der Waals surface area contributed by atoms with Crippen molar-refractivity contribution in [1.29, 1.82) is 0 Å². The first-order chi connectivity index (χ1) is 11.7. The fourth-order valence-electron chi connectivity index (χ4n) is 3.69. The van der Waals surface area contributed by atoms with Gasteiger partial charge in [0.2, 0.25) is 0 Å². The maximum atomic E-state index is 2.48. The SMILES string of the molecule is CC(C)c1cccc(C(C)C)c1[NH2+]c1c(C(C)C)cccc1C(C)C. The number of hydrogen-bond donors (Lipinski definition) is 1. The van der Waals surface area contributed by atoms with E-state index in [4.69, 9.17) is 0 Å². The molecule has 2 rings (SSSR count). The van der Waals surface area contributed by atoms with Crippen molar-refractivity contribution in [2.45, 2.75) is 79.1 Å². The van der Waals surface area contributed by atoms with Crippen LogP contribution in [0.1, 0.15) is 101 Å². The second-order valence-corrected chi connectivity index (χ2v) is 8.46. The lowest BCUT2D eigenvalue weighted by atomic mass is 9.89. The summed E-state index contributed by atoms with van der Waals surface area (Å²) in [4.78, 5) is 0. The molecule has 25 heavy (non-hydrogen) atoms. The lowest BCUT2D eigenvalue weighted by Gasteiger charge is -2.21. The van der Waals surface area contributed by atoms with Crippen molar-refractivity contribution in [3.63, 3.8) is 0 Å². The highest BCUT2D eigenvalue weighted by Gasteiger charge is 2.23. The number of benzene rings is 2. The molecule has 0 amide bonds. The summed E-state index contributed by atoms with van der Waals surface area (Å²) < 4.78 is 0. The maximum Gasteiger partial charge on any atom is 0.141 e. The average molecular weight is 339 g/mol. The highest BCUT2D eigenvalue weighted by Crippen LogP contribution is 2.33. The lowest BCUT2D eigenvalue weighted by Crippen LogP contribution is -2.73. The molecule has 0 unspecified atom stereocenters. The first-order valence-corrected chi connectivity index (χ1v) is 9.84. The third-order valence-corrected chi connectivity index (χ3v) is 5.12. The van der Waals surface area contributed by atoms with E-state index >= 15 is 0 Å². The topological polar surface area (TPSA) is 16.6 Å². The van der Waals surface area contributed by atoms with Crippen molar-refractivity contribution in [3.05, 3.63) is 58.7 Å². The quantitative estimate of drug-likeness (QED) is 0.564. The minimum absolute atomic E-state index is 0.527. The lowest BCUT2D eigenvalue weighted by molar-refractivity contribution is -0.481. The fourth-order valence-corrected chi connectivity index (χ4v) is 3.69. The van der Waals surface area contributed by atoms with Crippen molar-refractivity contribution in [1.82, 2.24) is 0 Å². The Bertz CT molecular complexity index is 594. The predicted octanol–water partition coefficient (Wildman–Crippen LogP) is 6.71. The third-order valence-electron chi connectivity index (χ3n) is 5.12. The number of nitrogens with two attached hydrogens (primary N) is 1. The molecule has 2 aromatic carbocycles. The Kier molecular flexibility index (Phi) is 6.46. The van der Waals surface area contributed by atoms with Gasteiger partial charge in [-0.2, -0.15) is 0 Å².